The lowest BCUT2D eigenvalue weighted by Crippen LogP contribution is -2.46. The van der Waals surface area contributed by atoms with Crippen LogP contribution >= 0.6 is 0 Å². The molecule has 1 aromatic carbocycles. The van der Waals surface area contributed by atoms with E-state index in [4.69, 9.17) is 14.5 Å². The average molecular weight is 476 g/mol. The van der Waals surface area contributed by atoms with E-state index in [9.17, 15) is 4.79 Å². The Hall–Kier alpha value is -3.55. The Kier molecular flexibility index (Phi) is 5.91. The highest BCUT2D eigenvalue weighted by Crippen LogP contribution is 2.39. The van der Waals surface area contributed by atoms with Crippen LogP contribution in [0, 0.1) is 6.92 Å². The number of nitrogens with zero attached hydrogens (tertiary/aromatic N) is 4. The summed E-state index contributed by atoms with van der Waals surface area (Å²) < 4.78 is 12.6. The first-order chi connectivity index (χ1) is 16.8. The quantitative estimate of drug-likeness (QED) is 0.602. The molecule has 0 saturated carbocycles. The molecule has 1 fully saturated rings. The largest absolute Gasteiger partial charge is 0.497 e. The topological polar surface area (TPSA) is 81.5 Å². The van der Waals surface area contributed by atoms with E-state index in [0.717, 1.165) is 54.0 Å². The van der Waals surface area contributed by atoms with Gasteiger partial charge in [0.1, 0.15) is 17.3 Å². The highest BCUT2D eigenvalue weighted by molar-refractivity contribution is 5.84. The molecule has 2 aromatic heterocycles. The number of hydrogen-bond donors (Lipinski definition) is 1. The van der Waals surface area contributed by atoms with Gasteiger partial charge in [0, 0.05) is 49.2 Å². The summed E-state index contributed by atoms with van der Waals surface area (Å²) in [6, 6.07) is 7.89. The summed E-state index contributed by atoms with van der Waals surface area (Å²) in [4.78, 5) is 20.4. The first kappa shape index (κ1) is 23.2. The zero-order valence-electron chi connectivity index (χ0n) is 21.1. The van der Waals surface area contributed by atoms with E-state index in [0.29, 0.717) is 18.0 Å². The van der Waals surface area contributed by atoms with E-state index >= 15 is 0 Å². The van der Waals surface area contributed by atoms with Gasteiger partial charge in [-0.2, -0.15) is 5.10 Å². The molecule has 8 heteroatoms. The monoisotopic (exact) mass is 475 g/mol. The molecule has 0 aliphatic carbocycles. The number of benzene rings is 1. The van der Waals surface area contributed by atoms with Crippen LogP contribution in [-0.4, -0.2) is 58.4 Å². The molecule has 2 aliphatic rings. The van der Waals surface area contributed by atoms with Gasteiger partial charge >= 0.3 is 0 Å². The Morgan fingerprint density at radius 2 is 1.89 bits per heavy atom. The SMILES string of the molecule is COc1cc(OC)cc([C@@H](C)C(=O)N2CCC3(CCc4cc(-c5cnn(C)c5)c(C)nc4N3)C2)c1. The van der Waals surface area contributed by atoms with Crippen molar-refractivity contribution in [1.82, 2.24) is 19.7 Å². The number of aryl methyl sites for hydroxylation is 3. The first-order valence-electron chi connectivity index (χ1n) is 12.1. The molecule has 5 rings (SSSR count). The van der Waals surface area contributed by atoms with Crippen LogP contribution in [0.1, 0.15) is 42.5 Å². The summed E-state index contributed by atoms with van der Waals surface area (Å²) in [5.41, 5.74) is 5.18. The molecule has 1 spiro atoms. The van der Waals surface area contributed by atoms with Crippen molar-refractivity contribution >= 4 is 11.7 Å². The Labute approximate surface area is 206 Å². The lowest BCUT2D eigenvalue weighted by molar-refractivity contribution is -0.131. The van der Waals surface area contributed by atoms with Crippen LogP contribution in [0.3, 0.4) is 0 Å². The van der Waals surface area contributed by atoms with Crippen LogP contribution in [0.4, 0.5) is 5.82 Å². The molecule has 8 nitrogen and oxygen atoms in total. The second-order valence-corrected chi connectivity index (χ2v) is 9.81. The number of hydrogen-bond acceptors (Lipinski definition) is 6. The molecule has 0 radical (unpaired) electrons. The molecule has 3 aromatic rings. The van der Waals surface area contributed by atoms with Gasteiger partial charge in [0.2, 0.25) is 5.91 Å². The Balaban J connectivity index is 1.32. The third kappa shape index (κ3) is 4.33. The van der Waals surface area contributed by atoms with E-state index in [1.165, 1.54) is 5.56 Å². The zero-order chi connectivity index (χ0) is 24.7. The van der Waals surface area contributed by atoms with Crippen LogP contribution in [0.2, 0.25) is 0 Å². The van der Waals surface area contributed by atoms with Gasteiger partial charge in [-0.05, 0) is 62.4 Å². The number of anilines is 1. The third-order valence-electron chi connectivity index (χ3n) is 7.47. The minimum atomic E-state index is -0.285. The predicted octanol–water partition coefficient (Wildman–Crippen LogP) is 3.94. The number of rotatable bonds is 5. The van der Waals surface area contributed by atoms with Crippen molar-refractivity contribution in [3.8, 4) is 22.6 Å². The minimum absolute atomic E-state index is 0.126. The van der Waals surface area contributed by atoms with Crippen LogP contribution in [-0.2, 0) is 18.3 Å². The number of carbonyl (C=O) groups excluding carboxylic acids is 1. The minimum Gasteiger partial charge on any atom is -0.497 e. The lowest BCUT2D eigenvalue weighted by atomic mass is 9.86. The van der Waals surface area contributed by atoms with Gasteiger partial charge in [0.25, 0.3) is 0 Å². The molecule has 2 aliphatic heterocycles. The fourth-order valence-electron chi connectivity index (χ4n) is 5.35. The molecule has 1 unspecified atom stereocenters. The molecule has 1 amide bonds. The fraction of sp³-hybridized carbons (Fsp3) is 0.444. The second-order valence-electron chi connectivity index (χ2n) is 9.81. The summed E-state index contributed by atoms with van der Waals surface area (Å²) in [7, 11) is 5.17. The highest BCUT2D eigenvalue weighted by Gasteiger charge is 2.43. The highest BCUT2D eigenvalue weighted by atomic mass is 16.5. The molecule has 0 bridgehead atoms. The molecule has 1 N–H and O–H groups in total. The summed E-state index contributed by atoms with van der Waals surface area (Å²) in [5.74, 6) is 2.17. The van der Waals surface area contributed by atoms with Crippen molar-refractivity contribution in [2.24, 2.45) is 7.05 Å². The summed E-state index contributed by atoms with van der Waals surface area (Å²) in [6.07, 6.45) is 6.73. The third-order valence-corrected chi connectivity index (χ3v) is 7.47. The molecule has 35 heavy (non-hydrogen) atoms. The van der Waals surface area contributed by atoms with Gasteiger partial charge in [-0.25, -0.2) is 4.98 Å². The predicted molar refractivity (Wildman–Crippen MR) is 135 cm³/mol. The molecule has 4 heterocycles. The number of nitrogens with one attached hydrogen (secondary N) is 1. The molecule has 2 atom stereocenters. The number of methoxy groups -OCH3 is 2. The van der Waals surface area contributed by atoms with Gasteiger partial charge in [-0.3, -0.25) is 9.48 Å². The van der Waals surface area contributed by atoms with Gasteiger partial charge < -0.3 is 19.7 Å². The smallest absolute Gasteiger partial charge is 0.229 e. The average Bonchev–Trinajstić information content (AvgIpc) is 3.48. The molecule has 1 saturated heterocycles. The van der Waals surface area contributed by atoms with Crippen LogP contribution < -0.4 is 14.8 Å². The Morgan fingerprint density at radius 1 is 1.14 bits per heavy atom. The van der Waals surface area contributed by atoms with Crippen molar-refractivity contribution < 1.29 is 14.3 Å². The maximum atomic E-state index is 13.5. The molecule has 184 valence electrons. The van der Waals surface area contributed by atoms with Crippen LogP contribution in [0.25, 0.3) is 11.1 Å². The van der Waals surface area contributed by atoms with Gasteiger partial charge in [0.05, 0.1) is 31.9 Å². The van der Waals surface area contributed by atoms with Crippen molar-refractivity contribution in [2.75, 3.05) is 32.6 Å². The van der Waals surface area contributed by atoms with E-state index in [1.807, 2.05) is 61.1 Å². The number of carbonyl (C=O) groups is 1. The number of amides is 1. The standard InChI is InChI=1S/C27H33N5O3/c1-17(20-10-22(34-4)13-23(11-20)35-5)26(33)32-9-8-27(16-32)7-6-19-12-24(18(2)29-25(19)30-27)21-14-28-31(3)15-21/h10-15,17H,6-9,16H2,1-5H3,(H,29,30)/t17-,27?/m1/s1. The number of pyridine rings is 1. The van der Waals surface area contributed by atoms with Gasteiger partial charge in [0.15, 0.2) is 0 Å². The number of fused-ring (bicyclic) bond motifs is 1. The van der Waals surface area contributed by atoms with E-state index < -0.39 is 0 Å². The van der Waals surface area contributed by atoms with E-state index in [-0.39, 0.29) is 17.4 Å². The zero-order valence-corrected chi connectivity index (χ0v) is 21.1. The Bertz CT molecular complexity index is 1250. The number of ether oxygens (including phenoxy) is 2. The normalized spacial score (nSPS) is 19.9. The second kappa shape index (κ2) is 8.91. The maximum Gasteiger partial charge on any atom is 0.229 e. The van der Waals surface area contributed by atoms with Crippen LogP contribution in [0.5, 0.6) is 11.5 Å². The lowest BCUT2D eigenvalue weighted by Gasteiger charge is -2.36. The van der Waals surface area contributed by atoms with Gasteiger partial charge in [-0.1, -0.05) is 0 Å². The number of aromatic nitrogens is 3. The maximum absolute atomic E-state index is 13.5. The van der Waals surface area contributed by atoms with Crippen molar-refractivity contribution in [1.29, 1.82) is 0 Å². The molecular formula is C27H33N5O3. The Morgan fingerprint density at radius 3 is 2.54 bits per heavy atom. The summed E-state index contributed by atoms with van der Waals surface area (Å²) in [6.45, 7) is 5.41. The summed E-state index contributed by atoms with van der Waals surface area (Å²) >= 11 is 0. The molecular weight excluding hydrogens is 442 g/mol. The fourth-order valence-corrected chi connectivity index (χ4v) is 5.35. The van der Waals surface area contributed by atoms with Crippen molar-refractivity contribution in [3.05, 3.63) is 53.5 Å². The summed E-state index contributed by atoms with van der Waals surface area (Å²) in [5, 5.41) is 8.04. The van der Waals surface area contributed by atoms with Crippen molar-refractivity contribution in [2.45, 2.75) is 44.6 Å². The van der Waals surface area contributed by atoms with Crippen molar-refractivity contribution in [3.63, 3.8) is 0 Å². The van der Waals surface area contributed by atoms with E-state index in [2.05, 4.69) is 16.5 Å². The van der Waals surface area contributed by atoms with E-state index in [1.54, 1.807) is 14.2 Å². The first-order valence-corrected chi connectivity index (χ1v) is 12.1. The van der Waals surface area contributed by atoms with Crippen LogP contribution in [0.15, 0.2) is 36.7 Å². The van der Waals surface area contributed by atoms with Gasteiger partial charge in [-0.15, -0.1) is 0 Å². The number of likely N-dealkylation sites (tertiary alicyclic amines) is 1.